The molecule has 0 aromatic heterocycles. The second-order valence-corrected chi connectivity index (χ2v) is 7.70. The lowest BCUT2D eigenvalue weighted by molar-refractivity contribution is 0.317. The highest BCUT2D eigenvalue weighted by atomic mass is 32.2. The summed E-state index contributed by atoms with van der Waals surface area (Å²) in [4.78, 5) is -0.0666. The van der Waals surface area contributed by atoms with E-state index < -0.39 is 10.1 Å². The molecule has 0 spiro atoms. The molecular formula is C22H23NO4S. The maximum absolute atomic E-state index is 10.5. The first-order valence-corrected chi connectivity index (χ1v) is 10.1. The molecule has 0 aliphatic carbocycles. The van der Waals surface area contributed by atoms with Crippen LogP contribution in [-0.2, 0) is 23.0 Å². The summed E-state index contributed by atoms with van der Waals surface area (Å²) in [5.74, 6) is 0. The maximum atomic E-state index is 10.5. The van der Waals surface area contributed by atoms with Crippen LogP contribution < -0.4 is 0 Å². The van der Waals surface area contributed by atoms with E-state index in [-0.39, 0.29) is 4.90 Å². The summed E-state index contributed by atoms with van der Waals surface area (Å²) in [6, 6.07) is 26.1. The van der Waals surface area contributed by atoms with Gasteiger partial charge in [0.25, 0.3) is 10.1 Å². The van der Waals surface area contributed by atoms with Crippen LogP contribution in [0.1, 0.15) is 16.7 Å². The van der Waals surface area contributed by atoms with Crippen molar-refractivity contribution in [2.24, 2.45) is 5.16 Å². The van der Waals surface area contributed by atoms with Crippen LogP contribution in [0.4, 0.5) is 0 Å². The molecular weight excluding hydrogens is 374 g/mol. The Labute approximate surface area is 165 Å². The van der Waals surface area contributed by atoms with Crippen LogP contribution in [0.3, 0.4) is 0 Å². The highest BCUT2D eigenvalue weighted by Gasteiger charge is 2.07. The fourth-order valence-electron chi connectivity index (χ4n) is 2.51. The Morgan fingerprint density at radius 1 is 0.786 bits per heavy atom. The molecule has 0 unspecified atom stereocenters. The van der Waals surface area contributed by atoms with Crippen molar-refractivity contribution >= 4 is 15.8 Å². The van der Waals surface area contributed by atoms with E-state index in [1.54, 1.807) is 12.1 Å². The summed E-state index contributed by atoms with van der Waals surface area (Å²) in [6.07, 6.45) is 1.37. The van der Waals surface area contributed by atoms with Gasteiger partial charge >= 0.3 is 0 Å². The van der Waals surface area contributed by atoms with E-state index in [1.165, 1.54) is 12.1 Å². The molecule has 0 bridgehead atoms. The van der Waals surface area contributed by atoms with Crippen LogP contribution >= 0.6 is 0 Å². The topological polar surface area (TPSA) is 87.0 Å². The molecule has 5 nitrogen and oxygen atoms in total. The molecule has 0 saturated heterocycles. The van der Waals surface area contributed by atoms with Gasteiger partial charge in [-0.25, -0.2) is 0 Å². The Hall–Kier alpha value is -2.96. The van der Waals surface area contributed by atoms with Crippen molar-refractivity contribution in [1.82, 2.24) is 0 Å². The minimum absolute atomic E-state index is 0.0666. The first kappa shape index (κ1) is 21.3. The number of rotatable bonds is 5. The van der Waals surface area contributed by atoms with E-state index in [1.807, 2.05) is 67.6 Å². The van der Waals surface area contributed by atoms with Gasteiger partial charge in [-0.15, -0.1) is 0 Å². The monoisotopic (exact) mass is 397 g/mol. The van der Waals surface area contributed by atoms with Gasteiger partial charge < -0.3 is 5.21 Å². The van der Waals surface area contributed by atoms with E-state index in [9.17, 15) is 8.42 Å². The molecule has 6 heteroatoms. The molecule has 0 fully saturated rings. The SMILES string of the molecule is Cc1ccc(S(=O)(=O)O)cc1.ON=C(Cc1ccccc1)Cc1ccccc1. The first-order chi connectivity index (χ1) is 13.4. The minimum atomic E-state index is -4.02. The molecule has 0 radical (unpaired) electrons. The molecule has 0 heterocycles. The lowest BCUT2D eigenvalue weighted by Crippen LogP contribution is -2.07. The maximum Gasteiger partial charge on any atom is 0.294 e. The summed E-state index contributed by atoms with van der Waals surface area (Å²) in [5, 5.41) is 12.4. The second kappa shape index (κ2) is 10.4. The van der Waals surface area contributed by atoms with E-state index in [4.69, 9.17) is 9.76 Å². The second-order valence-electron chi connectivity index (χ2n) is 6.28. The number of aryl methyl sites for hydroxylation is 1. The molecule has 0 aliphatic rings. The molecule has 0 saturated carbocycles. The van der Waals surface area contributed by atoms with Gasteiger partial charge in [0.05, 0.1) is 10.6 Å². The van der Waals surface area contributed by atoms with Crippen molar-refractivity contribution in [2.75, 3.05) is 0 Å². The van der Waals surface area contributed by atoms with Gasteiger partial charge in [-0.2, -0.15) is 8.42 Å². The molecule has 28 heavy (non-hydrogen) atoms. The highest BCUT2D eigenvalue weighted by molar-refractivity contribution is 7.85. The Kier molecular flexibility index (Phi) is 7.92. The van der Waals surface area contributed by atoms with Crippen LogP contribution in [0.2, 0.25) is 0 Å². The Balaban J connectivity index is 0.000000221. The lowest BCUT2D eigenvalue weighted by Gasteiger charge is -2.04. The van der Waals surface area contributed by atoms with E-state index in [0.29, 0.717) is 12.8 Å². The zero-order valence-corrected chi connectivity index (χ0v) is 16.4. The third kappa shape index (κ3) is 7.34. The van der Waals surface area contributed by atoms with E-state index in [2.05, 4.69) is 5.16 Å². The largest absolute Gasteiger partial charge is 0.411 e. The van der Waals surface area contributed by atoms with Gasteiger partial charge in [0.2, 0.25) is 0 Å². The van der Waals surface area contributed by atoms with Gasteiger partial charge in [-0.05, 0) is 30.2 Å². The molecule has 3 aromatic rings. The Morgan fingerprint density at radius 3 is 1.57 bits per heavy atom. The predicted octanol–water partition coefficient (Wildman–Crippen LogP) is 4.54. The standard InChI is InChI=1S/C15H15NO.C7H8O3S/c17-16-15(11-13-7-3-1-4-8-13)12-14-9-5-2-6-10-14;1-6-2-4-7(5-3-6)11(8,9)10/h1-10,17H,11-12H2;2-5H,1H3,(H,8,9,10). The van der Waals surface area contributed by atoms with Crippen LogP contribution in [-0.4, -0.2) is 23.9 Å². The average molecular weight is 397 g/mol. The van der Waals surface area contributed by atoms with Crippen molar-refractivity contribution in [3.63, 3.8) is 0 Å². The average Bonchev–Trinajstić information content (AvgIpc) is 2.69. The number of hydrogen-bond acceptors (Lipinski definition) is 4. The van der Waals surface area contributed by atoms with Crippen molar-refractivity contribution < 1.29 is 18.2 Å². The minimum Gasteiger partial charge on any atom is -0.411 e. The van der Waals surface area contributed by atoms with Gasteiger partial charge in [-0.1, -0.05) is 83.5 Å². The van der Waals surface area contributed by atoms with Gasteiger partial charge in [0.15, 0.2) is 0 Å². The zero-order chi connectivity index (χ0) is 20.4. The van der Waals surface area contributed by atoms with Crippen LogP contribution in [0.25, 0.3) is 0 Å². The Morgan fingerprint density at radius 2 is 1.21 bits per heavy atom. The van der Waals surface area contributed by atoms with Gasteiger partial charge in [0, 0.05) is 12.8 Å². The van der Waals surface area contributed by atoms with Crippen molar-refractivity contribution in [1.29, 1.82) is 0 Å². The summed E-state index contributed by atoms with van der Waals surface area (Å²) < 4.78 is 29.6. The third-order valence-corrected chi connectivity index (χ3v) is 4.83. The lowest BCUT2D eigenvalue weighted by atomic mass is 10.0. The van der Waals surface area contributed by atoms with Crippen molar-refractivity contribution in [3.05, 3.63) is 102 Å². The molecule has 146 valence electrons. The molecule has 3 aromatic carbocycles. The smallest absolute Gasteiger partial charge is 0.294 e. The van der Waals surface area contributed by atoms with Crippen LogP contribution in [0.15, 0.2) is 95.0 Å². The van der Waals surface area contributed by atoms with E-state index >= 15 is 0 Å². The highest BCUT2D eigenvalue weighted by Crippen LogP contribution is 2.09. The number of hydrogen-bond donors (Lipinski definition) is 2. The summed E-state index contributed by atoms with van der Waals surface area (Å²) in [6.45, 7) is 1.84. The van der Waals surface area contributed by atoms with Gasteiger partial charge in [-0.3, -0.25) is 4.55 Å². The third-order valence-electron chi connectivity index (χ3n) is 3.96. The van der Waals surface area contributed by atoms with Crippen molar-refractivity contribution in [2.45, 2.75) is 24.7 Å². The number of oxime groups is 1. The Bertz CT molecular complexity index is 940. The summed E-state index contributed by atoms with van der Waals surface area (Å²) in [5.41, 5.74) is 4.06. The fraction of sp³-hybridized carbons (Fsp3) is 0.136. The van der Waals surface area contributed by atoms with Crippen molar-refractivity contribution in [3.8, 4) is 0 Å². The molecule has 0 aliphatic heterocycles. The molecule has 0 atom stereocenters. The quantitative estimate of drug-likeness (QED) is 0.286. The molecule has 2 N–H and O–H groups in total. The van der Waals surface area contributed by atoms with Gasteiger partial charge in [0.1, 0.15) is 0 Å². The first-order valence-electron chi connectivity index (χ1n) is 8.70. The number of nitrogens with zero attached hydrogens (tertiary/aromatic N) is 1. The van der Waals surface area contributed by atoms with E-state index in [0.717, 1.165) is 22.4 Å². The normalized spacial score (nSPS) is 10.5. The van der Waals surface area contributed by atoms with Crippen LogP contribution in [0, 0.1) is 6.92 Å². The fourth-order valence-corrected chi connectivity index (χ4v) is 2.99. The zero-order valence-electron chi connectivity index (χ0n) is 15.6. The predicted molar refractivity (Wildman–Crippen MR) is 111 cm³/mol. The number of benzene rings is 3. The molecule has 0 amide bonds. The van der Waals surface area contributed by atoms with Crippen LogP contribution in [0.5, 0.6) is 0 Å². The summed E-state index contributed by atoms with van der Waals surface area (Å²) in [7, 11) is -4.02. The summed E-state index contributed by atoms with van der Waals surface area (Å²) >= 11 is 0. The molecule has 3 rings (SSSR count).